The third-order valence-corrected chi connectivity index (χ3v) is 3.27. The minimum Gasteiger partial charge on any atom is -0.481 e. The molecule has 0 saturated carbocycles. The number of carboxylic acid groups (broad SMARTS) is 1. The first-order valence-electron chi connectivity index (χ1n) is 6.74. The molecule has 2 amide bonds. The highest BCUT2D eigenvalue weighted by Gasteiger charge is 2.09. The summed E-state index contributed by atoms with van der Waals surface area (Å²) in [5.74, 6) is -0.914. The molecule has 21 heavy (non-hydrogen) atoms. The molecule has 0 aliphatic rings. The summed E-state index contributed by atoms with van der Waals surface area (Å²) >= 11 is 0. The highest BCUT2D eigenvalue weighted by Crippen LogP contribution is 2.16. The zero-order valence-electron chi connectivity index (χ0n) is 12.1. The van der Waals surface area contributed by atoms with E-state index in [1.54, 1.807) is 7.05 Å². The third kappa shape index (κ3) is 3.98. The van der Waals surface area contributed by atoms with E-state index in [9.17, 15) is 9.59 Å². The van der Waals surface area contributed by atoms with E-state index in [0.717, 1.165) is 22.2 Å². The van der Waals surface area contributed by atoms with E-state index in [-0.39, 0.29) is 19.0 Å². The molecule has 1 heterocycles. The Morgan fingerprint density at radius 2 is 2.10 bits per heavy atom. The first-order valence-corrected chi connectivity index (χ1v) is 6.74. The van der Waals surface area contributed by atoms with Gasteiger partial charge in [-0.2, -0.15) is 0 Å². The molecule has 0 unspecified atom stereocenters. The van der Waals surface area contributed by atoms with Gasteiger partial charge in [0.25, 0.3) is 0 Å². The average molecular weight is 289 g/mol. The van der Waals surface area contributed by atoms with Gasteiger partial charge in [-0.05, 0) is 36.1 Å². The molecule has 0 saturated heterocycles. The molecule has 3 N–H and O–H groups in total. The van der Waals surface area contributed by atoms with E-state index in [1.165, 1.54) is 4.90 Å². The van der Waals surface area contributed by atoms with Gasteiger partial charge >= 0.3 is 12.0 Å². The lowest BCUT2D eigenvalue weighted by Crippen LogP contribution is -2.37. The fourth-order valence-electron chi connectivity index (χ4n) is 2.11. The minimum atomic E-state index is -0.914. The Morgan fingerprint density at radius 3 is 2.81 bits per heavy atom. The number of rotatable bonds is 5. The largest absolute Gasteiger partial charge is 0.481 e. The van der Waals surface area contributed by atoms with Crippen molar-refractivity contribution in [3.05, 3.63) is 35.5 Å². The Balaban J connectivity index is 1.91. The molecule has 112 valence electrons. The van der Waals surface area contributed by atoms with Gasteiger partial charge in [-0.1, -0.05) is 6.07 Å². The Bertz CT molecular complexity index is 663. The summed E-state index contributed by atoms with van der Waals surface area (Å²) in [6.45, 7) is 2.60. The SMILES string of the molecule is Cc1cc2cc(CNC(=O)N(C)CCC(=O)O)ccc2[nH]1. The quantitative estimate of drug-likeness (QED) is 0.788. The Morgan fingerprint density at radius 1 is 1.33 bits per heavy atom. The van der Waals surface area contributed by atoms with Crippen molar-refractivity contribution < 1.29 is 14.7 Å². The predicted octanol–water partition coefficient (Wildman–Crippen LogP) is 2.09. The van der Waals surface area contributed by atoms with E-state index in [0.29, 0.717) is 6.54 Å². The molecule has 0 bridgehead atoms. The summed E-state index contributed by atoms with van der Waals surface area (Å²) in [6, 6.07) is 7.74. The minimum absolute atomic E-state index is 0.0570. The van der Waals surface area contributed by atoms with Crippen molar-refractivity contribution in [2.45, 2.75) is 19.9 Å². The number of fused-ring (bicyclic) bond motifs is 1. The van der Waals surface area contributed by atoms with Gasteiger partial charge in [0, 0.05) is 31.3 Å². The number of hydrogen-bond donors (Lipinski definition) is 3. The molecule has 0 aliphatic heterocycles. The maximum atomic E-state index is 11.8. The van der Waals surface area contributed by atoms with Crippen molar-refractivity contribution in [1.82, 2.24) is 15.2 Å². The van der Waals surface area contributed by atoms with Crippen molar-refractivity contribution in [3.8, 4) is 0 Å². The fraction of sp³-hybridized carbons (Fsp3) is 0.333. The molecule has 1 aromatic heterocycles. The van der Waals surface area contributed by atoms with E-state index in [2.05, 4.69) is 16.4 Å². The van der Waals surface area contributed by atoms with Gasteiger partial charge < -0.3 is 20.3 Å². The van der Waals surface area contributed by atoms with E-state index in [4.69, 9.17) is 5.11 Å². The molecule has 6 nitrogen and oxygen atoms in total. The summed E-state index contributed by atoms with van der Waals surface area (Å²) < 4.78 is 0. The number of carboxylic acids is 1. The number of benzene rings is 1. The second kappa shape index (κ2) is 6.30. The molecular weight excluding hydrogens is 270 g/mol. The van der Waals surface area contributed by atoms with E-state index < -0.39 is 5.97 Å². The third-order valence-electron chi connectivity index (χ3n) is 3.27. The Hall–Kier alpha value is -2.50. The number of aliphatic carboxylic acids is 1. The second-order valence-corrected chi connectivity index (χ2v) is 5.10. The normalized spacial score (nSPS) is 10.6. The highest BCUT2D eigenvalue weighted by molar-refractivity contribution is 5.81. The maximum Gasteiger partial charge on any atom is 0.317 e. The molecule has 6 heteroatoms. The number of nitrogens with one attached hydrogen (secondary N) is 2. The van der Waals surface area contributed by atoms with Gasteiger partial charge in [0.15, 0.2) is 0 Å². The summed E-state index contributed by atoms with van der Waals surface area (Å²) in [6.07, 6.45) is -0.0570. The maximum absolute atomic E-state index is 11.8. The van der Waals surface area contributed by atoms with Crippen LogP contribution in [0.15, 0.2) is 24.3 Å². The summed E-state index contributed by atoms with van der Waals surface area (Å²) in [7, 11) is 1.58. The zero-order valence-corrected chi connectivity index (χ0v) is 12.1. The lowest BCUT2D eigenvalue weighted by Gasteiger charge is -2.16. The topological polar surface area (TPSA) is 85.4 Å². The van der Waals surface area contributed by atoms with Crippen molar-refractivity contribution in [2.75, 3.05) is 13.6 Å². The molecule has 2 rings (SSSR count). The number of carbonyl (C=O) groups is 2. The lowest BCUT2D eigenvalue weighted by molar-refractivity contribution is -0.137. The number of carbonyl (C=O) groups excluding carboxylic acids is 1. The fourth-order valence-corrected chi connectivity index (χ4v) is 2.11. The van der Waals surface area contributed by atoms with Gasteiger partial charge in [-0.25, -0.2) is 4.79 Å². The Kier molecular flexibility index (Phi) is 4.47. The average Bonchev–Trinajstić information content (AvgIpc) is 2.81. The van der Waals surface area contributed by atoms with Gasteiger partial charge in [0.1, 0.15) is 0 Å². The van der Waals surface area contributed by atoms with Crippen molar-refractivity contribution in [2.24, 2.45) is 0 Å². The van der Waals surface area contributed by atoms with Crippen LogP contribution in [0.25, 0.3) is 10.9 Å². The molecule has 0 aliphatic carbocycles. The van der Waals surface area contributed by atoms with Gasteiger partial charge in [-0.3, -0.25) is 4.79 Å². The number of H-pyrrole nitrogens is 1. The number of aryl methyl sites for hydroxylation is 1. The first kappa shape index (κ1) is 14.9. The first-order chi connectivity index (χ1) is 9.95. The molecule has 0 spiro atoms. The molecule has 0 fully saturated rings. The number of amides is 2. The van der Waals surface area contributed by atoms with Crippen LogP contribution in [-0.2, 0) is 11.3 Å². The highest BCUT2D eigenvalue weighted by atomic mass is 16.4. The van der Waals surface area contributed by atoms with Crippen LogP contribution in [0.5, 0.6) is 0 Å². The number of nitrogens with zero attached hydrogens (tertiary/aromatic N) is 1. The second-order valence-electron chi connectivity index (χ2n) is 5.10. The number of aromatic amines is 1. The van der Waals surface area contributed by atoms with Crippen LogP contribution in [0.2, 0.25) is 0 Å². The van der Waals surface area contributed by atoms with Crippen LogP contribution in [0.1, 0.15) is 17.7 Å². The van der Waals surface area contributed by atoms with Crippen LogP contribution < -0.4 is 5.32 Å². The standard InChI is InChI=1S/C15H19N3O3/c1-10-7-12-8-11(3-4-13(12)17-10)9-16-15(21)18(2)6-5-14(19)20/h3-4,7-8,17H,5-6,9H2,1-2H3,(H,16,21)(H,19,20). The van der Waals surface area contributed by atoms with E-state index in [1.807, 2.05) is 25.1 Å². The lowest BCUT2D eigenvalue weighted by atomic mass is 10.1. The van der Waals surface area contributed by atoms with Crippen LogP contribution in [0.3, 0.4) is 0 Å². The molecule has 2 aromatic rings. The summed E-state index contributed by atoms with van der Waals surface area (Å²) in [5.41, 5.74) is 3.17. The number of aromatic nitrogens is 1. The number of urea groups is 1. The Labute approximate surface area is 122 Å². The zero-order chi connectivity index (χ0) is 15.4. The monoisotopic (exact) mass is 289 g/mol. The van der Waals surface area contributed by atoms with Crippen LogP contribution >= 0.6 is 0 Å². The molecule has 0 atom stereocenters. The summed E-state index contributed by atoms with van der Waals surface area (Å²) in [4.78, 5) is 26.9. The van der Waals surface area contributed by atoms with Crippen molar-refractivity contribution >= 4 is 22.9 Å². The number of hydrogen-bond acceptors (Lipinski definition) is 2. The summed E-state index contributed by atoms with van der Waals surface area (Å²) in [5, 5.41) is 12.5. The van der Waals surface area contributed by atoms with Crippen molar-refractivity contribution in [1.29, 1.82) is 0 Å². The van der Waals surface area contributed by atoms with Crippen molar-refractivity contribution in [3.63, 3.8) is 0 Å². The van der Waals surface area contributed by atoms with Gasteiger partial charge in [-0.15, -0.1) is 0 Å². The predicted molar refractivity (Wildman–Crippen MR) is 80.2 cm³/mol. The van der Waals surface area contributed by atoms with Crippen LogP contribution in [-0.4, -0.2) is 40.6 Å². The van der Waals surface area contributed by atoms with E-state index >= 15 is 0 Å². The molecular formula is C15H19N3O3. The molecule has 0 radical (unpaired) electrons. The van der Waals surface area contributed by atoms with Crippen LogP contribution in [0.4, 0.5) is 4.79 Å². The smallest absolute Gasteiger partial charge is 0.317 e. The van der Waals surface area contributed by atoms with Gasteiger partial charge in [0.2, 0.25) is 0 Å². The van der Waals surface area contributed by atoms with Gasteiger partial charge in [0.05, 0.1) is 6.42 Å². The van der Waals surface area contributed by atoms with Crippen LogP contribution in [0, 0.1) is 6.92 Å². The molecule has 1 aromatic carbocycles.